The van der Waals surface area contributed by atoms with Gasteiger partial charge in [0.1, 0.15) is 18.4 Å². The zero-order valence-corrected chi connectivity index (χ0v) is 22.7. The number of carbonyl (C=O) groups excluding carboxylic acids is 2. The van der Waals surface area contributed by atoms with Crippen molar-refractivity contribution in [3.8, 4) is 11.8 Å². The fourth-order valence-corrected chi connectivity index (χ4v) is 5.20. The number of piperidine rings is 1. The van der Waals surface area contributed by atoms with Crippen LogP contribution in [0.4, 0.5) is 4.79 Å². The molecule has 0 radical (unpaired) electrons. The van der Waals surface area contributed by atoms with Crippen molar-refractivity contribution in [2.24, 2.45) is 5.92 Å². The first kappa shape index (κ1) is 28.7. The van der Waals surface area contributed by atoms with Gasteiger partial charge >= 0.3 is 6.09 Å². The molecule has 2 aliphatic rings. The van der Waals surface area contributed by atoms with Crippen molar-refractivity contribution in [1.29, 1.82) is 5.26 Å². The van der Waals surface area contributed by atoms with Gasteiger partial charge in [0.25, 0.3) is 0 Å². The molecule has 7 nitrogen and oxygen atoms in total. The second-order valence-corrected chi connectivity index (χ2v) is 12.1. The average Bonchev–Trinajstić information content (AvgIpc) is 2.87. The molecule has 0 unspecified atom stereocenters. The van der Waals surface area contributed by atoms with Crippen molar-refractivity contribution < 1.29 is 19.1 Å². The van der Waals surface area contributed by atoms with E-state index in [2.05, 4.69) is 11.4 Å². The van der Waals surface area contributed by atoms with Crippen molar-refractivity contribution in [3.05, 3.63) is 29.8 Å². The molecule has 2 atom stereocenters. The predicted octanol–water partition coefficient (Wildman–Crippen LogP) is 6.14. The summed E-state index contributed by atoms with van der Waals surface area (Å²) in [5.41, 5.74) is 0.579. The molecule has 36 heavy (non-hydrogen) atoms. The van der Waals surface area contributed by atoms with E-state index in [1.165, 1.54) is 6.42 Å². The zero-order valence-electron chi connectivity index (χ0n) is 20.4. The molecule has 2 amide bonds. The van der Waals surface area contributed by atoms with Crippen molar-refractivity contribution in [2.75, 3.05) is 19.8 Å². The lowest BCUT2D eigenvalue weighted by Crippen LogP contribution is -2.54. The summed E-state index contributed by atoms with van der Waals surface area (Å²) in [6, 6.07) is 8.41. The quantitative estimate of drug-likeness (QED) is 0.367. The van der Waals surface area contributed by atoms with Crippen LogP contribution in [-0.2, 0) is 9.53 Å². The summed E-state index contributed by atoms with van der Waals surface area (Å²) in [6.45, 7) is 0.700. The normalized spacial score (nSPS) is 19.7. The first-order chi connectivity index (χ1) is 17.2. The van der Waals surface area contributed by atoms with Crippen molar-refractivity contribution >= 4 is 46.8 Å². The maximum Gasteiger partial charge on any atom is 0.407 e. The molecule has 1 aliphatic heterocycles. The smallest absolute Gasteiger partial charge is 0.407 e. The number of nitriles is 1. The number of hydrogen-bond acceptors (Lipinski definition) is 5. The molecule has 0 spiro atoms. The Morgan fingerprint density at radius 1 is 1.08 bits per heavy atom. The van der Waals surface area contributed by atoms with Gasteiger partial charge in [-0.05, 0) is 55.9 Å². The second kappa shape index (κ2) is 14.2. The van der Waals surface area contributed by atoms with E-state index in [1.807, 2.05) is 4.90 Å². The number of nitrogens with one attached hydrogen (secondary N) is 1. The van der Waals surface area contributed by atoms with Crippen molar-refractivity contribution in [2.45, 2.75) is 80.1 Å². The Hall–Kier alpha value is -1.88. The van der Waals surface area contributed by atoms with Crippen LogP contribution >= 0.6 is 34.8 Å². The number of hydrogen-bond donors (Lipinski definition) is 1. The second-order valence-electron chi connectivity index (χ2n) is 9.58. The lowest BCUT2D eigenvalue weighted by molar-refractivity contribution is -0.138. The molecule has 1 heterocycles. The molecule has 1 aromatic rings. The van der Waals surface area contributed by atoms with Crippen LogP contribution in [0, 0.1) is 17.2 Å². The molecule has 2 fully saturated rings. The lowest BCUT2D eigenvalue weighted by atomic mass is 9.84. The molecule has 1 N–H and O–H groups in total. The topological polar surface area (TPSA) is 91.7 Å². The van der Waals surface area contributed by atoms with Gasteiger partial charge in [0, 0.05) is 19.0 Å². The Labute approximate surface area is 228 Å². The highest BCUT2D eigenvalue weighted by Crippen LogP contribution is 2.30. The first-order valence-corrected chi connectivity index (χ1v) is 13.8. The van der Waals surface area contributed by atoms with Gasteiger partial charge in [0.05, 0.1) is 18.2 Å². The number of rotatable bonds is 9. The van der Waals surface area contributed by atoms with Crippen LogP contribution < -0.4 is 10.1 Å². The number of alkyl carbamates (subject to hydrolysis) is 1. The van der Waals surface area contributed by atoms with E-state index in [1.54, 1.807) is 24.3 Å². The molecule has 1 aliphatic carbocycles. The summed E-state index contributed by atoms with van der Waals surface area (Å²) in [5, 5.41) is 11.7. The van der Waals surface area contributed by atoms with Gasteiger partial charge in [0.15, 0.2) is 0 Å². The zero-order chi connectivity index (χ0) is 26.0. The fourth-order valence-electron chi connectivity index (χ4n) is 5.04. The van der Waals surface area contributed by atoms with Gasteiger partial charge in [-0.1, -0.05) is 66.9 Å². The van der Waals surface area contributed by atoms with E-state index in [0.29, 0.717) is 43.2 Å². The van der Waals surface area contributed by atoms with E-state index in [9.17, 15) is 9.59 Å². The number of nitrogens with zero attached hydrogens (tertiary/aromatic N) is 2. The summed E-state index contributed by atoms with van der Waals surface area (Å²) in [5.74, 6) is 0.981. The highest BCUT2D eigenvalue weighted by Gasteiger charge is 2.35. The minimum absolute atomic E-state index is 0.0254. The monoisotopic (exact) mass is 557 g/mol. The molecule has 0 aromatic heterocycles. The minimum Gasteiger partial charge on any atom is -0.494 e. The Balaban J connectivity index is 1.62. The van der Waals surface area contributed by atoms with Crippen LogP contribution in [0.15, 0.2) is 24.3 Å². The Kier molecular flexibility index (Phi) is 11.3. The number of carbonyl (C=O) groups is 2. The van der Waals surface area contributed by atoms with Crippen LogP contribution in [0.5, 0.6) is 5.75 Å². The maximum absolute atomic E-state index is 13.7. The van der Waals surface area contributed by atoms with E-state index in [4.69, 9.17) is 49.5 Å². The first-order valence-electron chi connectivity index (χ1n) is 12.7. The molecule has 10 heteroatoms. The van der Waals surface area contributed by atoms with Gasteiger partial charge in [-0.25, -0.2) is 4.79 Å². The highest BCUT2D eigenvalue weighted by molar-refractivity contribution is 6.67. The Morgan fingerprint density at radius 3 is 2.44 bits per heavy atom. The minimum atomic E-state index is -1.72. The van der Waals surface area contributed by atoms with Crippen LogP contribution in [0.25, 0.3) is 0 Å². The summed E-state index contributed by atoms with van der Waals surface area (Å²) in [7, 11) is 0. The number of alkyl halides is 3. The molecule has 1 saturated heterocycles. The summed E-state index contributed by atoms with van der Waals surface area (Å²) < 4.78 is 9.22. The highest BCUT2D eigenvalue weighted by atomic mass is 35.6. The third-order valence-electron chi connectivity index (χ3n) is 6.86. The average molecular weight is 559 g/mol. The van der Waals surface area contributed by atoms with E-state index in [0.717, 1.165) is 44.9 Å². The maximum atomic E-state index is 13.7. The van der Waals surface area contributed by atoms with Crippen LogP contribution in [0.1, 0.15) is 69.8 Å². The SMILES string of the molecule is N#Cc1ccc(OCC[C@@H]2CCCCN2C(=O)[C@@H](CC2CCCCC2)NC(=O)OCC(Cl)(Cl)Cl)cc1. The number of amides is 2. The molecular formula is C26H34Cl3N3O4. The van der Waals surface area contributed by atoms with Crippen LogP contribution in [-0.4, -0.2) is 52.5 Å². The molecule has 1 aromatic carbocycles. The molecule has 1 saturated carbocycles. The van der Waals surface area contributed by atoms with Crippen LogP contribution in [0.2, 0.25) is 0 Å². The largest absolute Gasteiger partial charge is 0.494 e. The molecule has 0 bridgehead atoms. The van der Waals surface area contributed by atoms with Gasteiger partial charge in [0.2, 0.25) is 9.70 Å². The van der Waals surface area contributed by atoms with Gasteiger partial charge < -0.3 is 19.7 Å². The van der Waals surface area contributed by atoms with E-state index in [-0.39, 0.29) is 11.9 Å². The number of likely N-dealkylation sites (tertiary alicyclic amines) is 1. The van der Waals surface area contributed by atoms with Crippen LogP contribution in [0.3, 0.4) is 0 Å². The standard InChI is InChI=1S/C26H34Cl3N3O4/c27-26(28,29)18-36-25(34)31-23(16-19-6-2-1-3-7-19)24(33)32-14-5-4-8-21(32)13-15-35-22-11-9-20(17-30)10-12-22/h9-12,19,21,23H,1-8,13-16,18H2,(H,31,34)/t21-,23+/m0/s1. The van der Waals surface area contributed by atoms with Gasteiger partial charge in [-0.2, -0.15) is 5.26 Å². The molecule has 3 rings (SSSR count). The third kappa shape index (κ3) is 9.53. The van der Waals surface area contributed by atoms with E-state index < -0.39 is 22.5 Å². The van der Waals surface area contributed by atoms with E-state index >= 15 is 0 Å². The molecular weight excluding hydrogens is 525 g/mol. The Morgan fingerprint density at radius 2 is 1.78 bits per heavy atom. The van der Waals surface area contributed by atoms with Gasteiger partial charge in [-0.15, -0.1) is 0 Å². The van der Waals surface area contributed by atoms with Gasteiger partial charge in [-0.3, -0.25) is 4.79 Å². The third-order valence-corrected chi connectivity index (χ3v) is 7.19. The number of halogens is 3. The molecule has 198 valence electrons. The Bertz CT molecular complexity index is 895. The number of ether oxygens (including phenoxy) is 2. The lowest BCUT2D eigenvalue weighted by Gasteiger charge is -2.39. The summed E-state index contributed by atoms with van der Waals surface area (Å²) in [4.78, 5) is 28.1. The number of benzene rings is 1. The van der Waals surface area contributed by atoms with Crippen molar-refractivity contribution in [3.63, 3.8) is 0 Å². The van der Waals surface area contributed by atoms with Crippen molar-refractivity contribution in [1.82, 2.24) is 10.2 Å². The summed E-state index contributed by atoms with van der Waals surface area (Å²) in [6.07, 6.45) is 8.94. The summed E-state index contributed by atoms with van der Waals surface area (Å²) >= 11 is 17.1. The fraction of sp³-hybridized carbons (Fsp3) is 0.654. The predicted molar refractivity (Wildman–Crippen MR) is 140 cm³/mol.